The van der Waals surface area contributed by atoms with Gasteiger partial charge >= 0.3 is 0 Å². The zero-order valence-electron chi connectivity index (χ0n) is 10.1. The maximum atomic E-state index is 8.19. The molecule has 0 heterocycles. The van der Waals surface area contributed by atoms with E-state index in [2.05, 4.69) is 30.0 Å². The average Bonchev–Trinajstić information content (AvgIpc) is 1.50. The minimum absolute atomic E-state index is 0.417. The molecule has 1 unspecified atom stereocenters. The van der Waals surface area contributed by atoms with E-state index >= 15 is 0 Å². The first-order valence-electron chi connectivity index (χ1n) is 4.61. The van der Waals surface area contributed by atoms with E-state index in [0.717, 1.165) is 0 Å². The Hall–Kier alpha value is 0.784. The molecule has 0 fully saturated rings. The molecule has 2 nitrogen and oxygen atoms in total. The standard InChI is InChI=1S/C4H11P.2C2H8OSi/c1-4(2,3)5;2*1-4(2)3/h5H2,1-3H3;2*3-4H,1-2H3. The van der Waals surface area contributed by atoms with Crippen LogP contribution in [0.2, 0.25) is 26.2 Å². The summed E-state index contributed by atoms with van der Waals surface area (Å²) in [5, 5.41) is 0.417. The lowest BCUT2D eigenvalue weighted by Gasteiger charge is -2.05. The van der Waals surface area contributed by atoms with Gasteiger partial charge in [-0.1, -0.05) is 20.8 Å². The molecule has 0 aliphatic rings. The summed E-state index contributed by atoms with van der Waals surface area (Å²) in [6, 6.07) is 0. The molecule has 84 valence electrons. The van der Waals surface area contributed by atoms with Gasteiger partial charge in [0.05, 0.1) is 0 Å². The molecule has 1 atom stereocenters. The molecule has 2 N–H and O–H groups in total. The zero-order chi connectivity index (χ0) is 11.7. The molecule has 0 aliphatic heterocycles. The summed E-state index contributed by atoms with van der Waals surface area (Å²) in [4.78, 5) is 16.4. The smallest absolute Gasteiger partial charge is 0.166 e. The summed E-state index contributed by atoms with van der Waals surface area (Å²) in [6.45, 7) is 13.9. The van der Waals surface area contributed by atoms with E-state index in [1.165, 1.54) is 0 Å². The summed E-state index contributed by atoms with van der Waals surface area (Å²) in [6.07, 6.45) is 0. The highest BCUT2D eigenvalue weighted by Gasteiger charge is 1.95. The summed E-state index contributed by atoms with van der Waals surface area (Å²) < 4.78 is 0. The second-order valence-electron chi connectivity index (χ2n) is 4.55. The van der Waals surface area contributed by atoms with Crippen molar-refractivity contribution in [2.75, 3.05) is 0 Å². The molecule has 0 aromatic rings. The van der Waals surface area contributed by atoms with Gasteiger partial charge in [-0.15, -0.1) is 9.24 Å². The van der Waals surface area contributed by atoms with Crippen LogP contribution in [0.4, 0.5) is 0 Å². The van der Waals surface area contributed by atoms with Crippen LogP contribution in [0, 0.1) is 0 Å². The van der Waals surface area contributed by atoms with E-state index in [-0.39, 0.29) is 0 Å². The summed E-state index contributed by atoms with van der Waals surface area (Å²) in [5.74, 6) is 0. The van der Waals surface area contributed by atoms with Gasteiger partial charge in [-0.3, -0.25) is 0 Å². The Kier molecular flexibility index (Phi) is 16.2. The van der Waals surface area contributed by atoms with Gasteiger partial charge in [0, 0.05) is 0 Å². The van der Waals surface area contributed by atoms with Crippen LogP contribution >= 0.6 is 9.24 Å². The molecule has 0 saturated carbocycles. The topological polar surface area (TPSA) is 40.5 Å². The van der Waals surface area contributed by atoms with Crippen LogP contribution < -0.4 is 0 Å². The van der Waals surface area contributed by atoms with Gasteiger partial charge in [0.2, 0.25) is 0 Å². The van der Waals surface area contributed by atoms with Crippen LogP contribution in [0.3, 0.4) is 0 Å². The molecule has 0 amide bonds. The van der Waals surface area contributed by atoms with Gasteiger partial charge in [0.15, 0.2) is 18.1 Å². The zero-order valence-corrected chi connectivity index (χ0v) is 13.6. The van der Waals surface area contributed by atoms with Crippen molar-refractivity contribution < 1.29 is 9.59 Å². The quantitative estimate of drug-likeness (QED) is 0.500. The van der Waals surface area contributed by atoms with Crippen molar-refractivity contribution in [3.63, 3.8) is 0 Å². The molecular weight excluding hydrogens is 215 g/mol. The van der Waals surface area contributed by atoms with Crippen molar-refractivity contribution in [1.29, 1.82) is 0 Å². The summed E-state index contributed by atoms with van der Waals surface area (Å²) in [5.41, 5.74) is 0. The van der Waals surface area contributed by atoms with Crippen molar-refractivity contribution >= 4 is 27.3 Å². The van der Waals surface area contributed by atoms with Crippen molar-refractivity contribution in [3.05, 3.63) is 0 Å². The first-order chi connectivity index (χ1) is 5.46. The third-order valence-corrected chi connectivity index (χ3v) is 0. The minimum atomic E-state index is -1.14. The number of hydrogen-bond donors (Lipinski definition) is 2. The predicted molar refractivity (Wildman–Crippen MR) is 71.7 cm³/mol. The fraction of sp³-hybridized carbons (Fsp3) is 1.00. The van der Waals surface area contributed by atoms with Gasteiger partial charge in [0.25, 0.3) is 0 Å². The van der Waals surface area contributed by atoms with Crippen molar-refractivity contribution in [1.82, 2.24) is 0 Å². The van der Waals surface area contributed by atoms with Crippen LogP contribution in [0.15, 0.2) is 0 Å². The van der Waals surface area contributed by atoms with Crippen molar-refractivity contribution in [2.45, 2.75) is 52.1 Å². The Morgan fingerprint density at radius 2 is 0.846 bits per heavy atom. The third-order valence-electron chi connectivity index (χ3n) is 0. The first-order valence-corrected chi connectivity index (χ1v) is 10.8. The molecule has 5 heteroatoms. The van der Waals surface area contributed by atoms with Gasteiger partial charge in [-0.05, 0) is 31.3 Å². The SMILES string of the molecule is CC(C)(C)P.C[SiH](C)O.C[SiH](C)O. The maximum absolute atomic E-state index is 8.19. The molecule has 0 spiro atoms. The lowest BCUT2D eigenvalue weighted by atomic mass is 10.3. The minimum Gasteiger partial charge on any atom is -0.435 e. The molecule has 0 aromatic heterocycles. The maximum Gasteiger partial charge on any atom is 0.166 e. The molecule has 13 heavy (non-hydrogen) atoms. The Bertz CT molecular complexity index is 75.1. The van der Waals surface area contributed by atoms with E-state index in [1.54, 1.807) is 0 Å². The summed E-state index contributed by atoms with van der Waals surface area (Å²) >= 11 is 0. The van der Waals surface area contributed by atoms with Crippen LogP contribution in [0.1, 0.15) is 20.8 Å². The Balaban J connectivity index is -0.000000117. The monoisotopic (exact) mass is 242 g/mol. The second kappa shape index (κ2) is 10.9. The Labute approximate surface area is 89.4 Å². The average molecular weight is 242 g/mol. The van der Waals surface area contributed by atoms with E-state index in [0.29, 0.717) is 5.16 Å². The molecule has 0 aromatic carbocycles. The van der Waals surface area contributed by atoms with E-state index in [4.69, 9.17) is 9.59 Å². The molecule has 0 rings (SSSR count). The highest BCUT2D eigenvalue weighted by molar-refractivity contribution is 7.18. The first kappa shape index (κ1) is 19.4. The fourth-order valence-electron chi connectivity index (χ4n) is 0. The molecule has 0 radical (unpaired) electrons. The lowest BCUT2D eigenvalue weighted by Crippen LogP contribution is -1.97. The van der Waals surface area contributed by atoms with Gasteiger partial charge in [0.1, 0.15) is 0 Å². The van der Waals surface area contributed by atoms with Crippen molar-refractivity contribution in [2.24, 2.45) is 0 Å². The van der Waals surface area contributed by atoms with Gasteiger partial charge in [-0.2, -0.15) is 0 Å². The Morgan fingerprint density at radius 3 is 0.846 bits per heavy atom. The molecular formula is C8H27O2PSi2. The molecule has 0 aliphatic carbocycles. The second-order valence-corrected chi connectivity index (χ2v) is 10.7. The van der Waals surface area contributed by atoms with Gasteiger partial charge < -0.3 is 9.59 Å². The van der Waals surface area contributed by atoms with Gasteiger partial charge in [-0.25, -0.2) is 0 Å². The highest BCUT2D eigenvalue weighted by atomic mass is 31.0. The summed E-state index contributed by atoms with van der Waals surface area (Å²) in [7, 11) is 0.437. The number of hydrogen-bond acceptors (Lipinski definition) is 2. The predicted octanol–water partition coefficient (Wildman–Crippen LogP) is 1.58. The fourth-order valence-corrected chi connectivity index (χ4v) is 0. The van der Waals surface area contributed by atoms with Crippen LogP contribution in [-0.4, -0.2) is 32.8 Å². The third kappa shape index (κ3) is 2420. The lowest BCUT2D eigenvalue weighted by molar-refractivity contribution is 0.586. The molecule has 0 bridgehead atoms. The normalized spacial score (nSPS) is 10.2. The van der Waals surface area contributed by atoms with E-state index in [1.807, 2.05) is 26.2 Å². The van der Waals surface area contributed by atoms with E-state index < -0.39 is 18.1 Å². The number of rotatable bonds is 0. The van der Waals surface area contributed by atoms with Crippen LogP contribution in [0.5, 0.6) is 0 Å². The van der Waals surface area contributed by atoms with Crippen molar-refractivity contribution in [3.8, 4) is 0 Å². The van der Waals surface area contributed by atoms with Crippen LogP contribution in [-0.2, 0) is 0 Å². The largest absolute Gasteiger partial charge is 0.435 e. The molecule has 0 saturated heterocycles. The van der Waals surface area contributed by atoms with Crippen LogP contribution in [0.25, 0.3) is 0 Å². The highest BCUT2D eigenvalue weighted by Crippen LogP contribution is 2.12. The Morgan fingerprint density at radius 1 is 0.846 bits per heavy atom. The van der Waals surface area contributed by atoms with E-state index in [9.17, 15) is 0 Å².